The highest BCUT2D eigenvalue weighted by Gasteiger charge is 2.07. The van der Waals surface area contributed by atoms with Crippen LogP contribution in [0.5, 0.6) is 0 Å². The Morgan fingerprint density at radius 2 is 1.81 bits per heavy atom. The van der Waals surface area contributed by atoms with Gasteiger partial charge in [0.2, 0.25) is 0 Å². The average Bonchev–Trinajstić information content (AvgIpc) is 2.89. The molecule has 3 nitrogen and oxygen atoms in total. The van der Waals surface area contributed by atoms with Crippen LogP contribution in [0.1, 0.15) is 0 Å². The number of pyridine rings is 1. The van der Waals surface area contributed by atoms with Gasteiger partial charge in [-0.3, -0.25) is 0 Å². The molecule has 0 spiro atoms. The van der Waals surface area contributed by atoms with Crippen LogP contribution >= 0.6 is 23.1 Å². The van der Waals surface area contributed by atoms with Gasteiger partial charge in [-0.05, 0) is 48.2 Å². The third-order valence-corrected chi connectivity index (χ3v) is 5.19. The first kappa shape index (κ1) is 12.6. The predicted molar refractivity (Wildman–Crippen MR) is 89.9 cm³/mol. The maximum Gasteiger partial charge on any atom is 0.157 e. The minimum atomic E-state index is 0.760. The molecule has 0 saturated carbocycles. The van der Waals surface area contributed by atoms with Crippen molar-refractivity contribution in [1.29, 1.82) is 0 Å². The second-order valence-corrected chi connectivity index (χ2v) is 6.95. The predicted octanol–water partition coefficient (Wildman–Crippen LogP) is 4.58. The molecule has 0 atom stereocenters. The van der Waals surface area contributed by atoms with Crippen LogP contribution in [0.15, 0.2) is 64.0 Å². The summed E-state index contributed by atoms with van der Waals surface area (Å²) in [5, 5.41) is 2.01. The van der Waals surface area contributed by atoms with E-state index in [0.717, 1.165) is 31.5 Å². The highest BCUT2D eigenvalue weighted by molar-refractivity contribution is 8.01. The average molecular weight is 309 g/mol. The summed E-state index contributed by atoms with van der Waals surface area (Å²) in [5.41, 5.74) is 8.54. The number of hydrogen-bond donors (Lipinski definition) is 1. The van der Waals surface area contributed by atoms with Crippen LogP contribution in [0.4, 0.5) is 5.69 Å². The number of rotatable bonds is 2. The Hall–Kier alpha value is -2.11. The van der Waals surface area contributed by atoms with Crippen molar-refractivity contribution < 1.29 is 0 Å². The zero-order chi connectivity index (χ0) is 14.2. The smallest absolute Gasteiger partial charge is 0.157 e. The van der Waals surface area contributed by atoms with Crippen molar-refractivity contribution >= 4 is 49.9 Å². The number of hydrogen-bond acceptors (Lipinski definition) is 5. The molecule has 2 aromatic carbocycles. The Bertz CT molecular complexity index is 913. The molecule has 0 radical (unpaired) electrons. The first-order valence-electron chi connectivity index (χ1n) is 6.48. The van der Waals surface area contributed by atoms with Gasteiger partial charge in [0.25, 0.3) is 0 Å². The van der Waals surface area contributed by atoms with Gasteiger partial charge in [-0.2, -0.15) is 0 Å². The van der Waals surface area contributed by atoms with E-state index in [1.807, 2.05) is 48.5 Å². The van der Waals surface area contributed by atoms with Crippen molar-refractivity contribution in [2.75, 3.05) is 5.73 Å². The molecule has 4 rings (SSSR count). The van der Waals surface area contributed by atoms with Gasteiger partial charge in [-0.25, -0.2) is 9.97 Å². The second-order valence-electron chi connectivity index (χ2n) is 4.65. The minimum absolute atomic E-state index is 0.760. The molecule has 5 heteroatoms. The SMILES string of the molecule is Nc1ccc2nc(Sc3nc4ccccc4s3)ccc2c1. The first-order chi connectivity index (χ1) is 10.3. The number of para-hydroxylation sites is 1. The largest absolute Gasteiger partial charge is 0.399 e. The van der Waals surface area contributed by atoms with E-state index in [1.54, 1.807) is 23.1 Å². The zero-order valence-electron chi connectivity index (χ0n) is 11.0. The molecule has 0 amide bonds. The van der Waals surface area contributed by atoms with E-state index in [9.17, 15) is 0 Å². The maximum absolute atomic E-state index is 5.79. The van der Waals surface area contributed by atoms with E-state index in [4.69, 9.17) is 5.73 Å². The number of anilines is 1. The number of nitrogen functional groups attached to an aromatic ring is 1. The molecular weight excluding hydrogens is 298 g/mol. The van der Waals surface area contributed by atoms with Crippen LogP contribution in [0.3, 0.4) is 0 Å². The maximum atomic E-state index is 5.79. The van der Waals surface area contributed by atoms with E-state index >= 15 is 0 Å². The summed E-state index contributed by atoms with van der Waals surface area (Å²) in [4.78, 5) is 9.28. The molecule has 102 valence electrons. The summed E-state index contributed by atoms with van der Waals surface area (Å²) in [6.45, 7) is 0. The summed E-state index contributed by atoms with van der Waals surface area (Å²) >= 11 is 3.29. The van der Waals surface area contributed by atoms with Crippen LogP contribution in [-0.2, 0) is 0 Å². The molecule has 21 heavy (non-hydrogen) atoms. The second kappa shape index (κ2) is 5.02. The highest BCUT2D eigenvalue weighted by atomic mass is 32.2. The van der Waals surface area contributed by atoms with Crippen molar-refractivity contribution in [2.24, 2.45) is 0 Å². The van der Waals surface area contributed by atoms with E-state index in [1.165, 1.54) is 4.70 Å². The van der Waals surface area contributed by atoms with Gasteiger partial charge in [0.15, 0.2) is 4.34 Å². The van der Waals surface area contributed by atoms with Gasteiger partial charge in [-0.1, -0.05) is 18.2 Å². The lowest BCUT2D eigenvalue weighted by Gasteiger charge is -2.01. The Balaban J connectivity index is 1.71. The summed E-state index contributed by atoms with van der Waals surface area (Å²) < 4.78 is 2.21. The Morgan fingerprint density at radius 1 is 0.905 bits per heavy atom. The fourth-order valence-corrected chi connectivity index (χ4v) is 4.16. The van der Waals surface area contributed by atoms with Gasteiger partial charge < -0.3 is 5.73 Å². The zero-order valence-corrected chi connectivity index (χ0v) is 12.6. The molecule has 2 N–H and O–H groups in total. The molecule has 0 aliphatic heterocycles. The van der Waals surface area contributed by atoms with E-state index in [-0.39, 0.29) is 0 Å². The normalized spacial score (nSPS) is 11.2. The highest BCUT2D eigenvalue weighted by Crippen LogP contribution is 2.34. The lowest BCUT2D eigenvalue weighted by molar-refractivity contribution is 1.18. The first-order valence-corrected chi connectivity index (χ1v) is 8.11. The molecule has 0 unspecified atom stereocenters. The molecule has 0 saturated heterocycles. The molecule has 2 heterocycles. The van der Waals surface area contributed by atoms with Crippen molar-refractivity contribution in [1.82, 2.24) is 9.97 Å². The summed E-state index contributed by atoms with van der Waals surface area (Å²) in [6, 6.07) is 18.0. The topological polar surface area (TPSA) is 51.8 Å². The fraction of sp³-hybridized carbons (Fsp3) is 0. The number of benzene rings is 2. The van der Waals surface area contributed by atoms with Gasteiger partial charge in [0, 0.05) is 11.1 Å². The summed E-state index contributed by atoms with van der Waals surface area (Å²) in [5.74, 6) is 0. The molecule has 0 bridgehead atoms. The molecule has 0 aliphatic rings. The third-order valence-electron chi connectivity index (χ3n) is 3.15. The molecule has 0 fully saturated rings. The molecule has 4 aromatic rings. The number of nitrogens with two attached hydrogens (primary N) is 1. The van der Waals surface area contributed by atoms with Crippen molar-refractivity contribution in [3.8, 4) is 0 Å². The lowest BCUT2D eigenvalue weighted by Crippen LogP contribution is -1.86. The van der Waals surface area contributed by atoms with Crippen molar-refractivity contribution in [3.63, 3.8) is 0 Å². The van der Waals surface area contributed by atoms with Crippen molar-refractivity contribution in [2.45, 2.75) is 9.37 Å². The monoisotopic (exact) mass is 309 g/mol. The molecule has 0 aliphatic carbocycles. The van der Waals surface area contributed by atoms with Gasteiger partial charge >= 0.3 is 0 Å². The van der Waals surface area contributed by atoms with E-state index in [0.29, 0.717) is 0 Å². The Labute approximate surface area is 129 Å². The standard InChI is InChI=1S/C16H11N3S2/c17-11-6-7-12-10(9-11)5-8-15(18-12)21-16-19-13-3-1-2-4-14(13)20-16/h1-9H,17H2. The number of nitrogens with zero attached hydrogens (tertiary/aromatic N) is 2. The minimum Gasteiger partial charge on any atom is -0.399 e. The molecule has 2 aromatic heterocycles. The third kappa shape index (κ3) is 2.46. The Kier molecular flexibility index (Phi) is 3.02. The van der Waals surface area contributed by atoms with E-state index in [2.05, 4.69) is 16.0 Å². The van der Waals surface area contributed by atoms with Gasteiger partial charge in [-0.15, -0.1) is 11.3 Å². The van der Waals surface area contributed by atoms with Crippen LogP contribution in [0.25, 0.3) is 21.1 Å². The fourth-order valence-electron chi connectivity index (χ4n) is 2.17. The van der Waals surface area contributed by atoms with Crippen LogP contribution in [0.2, 0.25) is 0 Å². The Morgan fingerprint density at radius 3 is 2.71 bits per heavy atom. The van der Waals surface area contributed by atoms with E-state index < -0.39 is 0 Å². The van der Waals surface area contributed by atoms with Crippen LogP contribution in [0, 0.1) is 0 Å². The number of aromatic nitrogens is 2. The van der Waals surface area contributed by atoms with Gasteiger partial charge in [0.1, 0.15) is 5.03 Å². The molecular formula is C16H11N3S2. The van der Waals surface area contributed by atoms with Crippen molar-refractivity contribution in [3.05, 3.63) is 54.6 Å². The summed E-state index contributed by atoms with van der Waals surface area (Å²) in [6.07, 6.45) is 0. The number of fused-ring (bicyclic) bond motifs is 2. The van der Waals surface area contributed by atoms with Crippen LogP contribution < -0.4 is 5.73 Å². The number of thiazole rings is 1. The summed E-state index contributed by atoms with van der Waals surface area (Å²) in [7, 11) is 0. The van der Waals surface area contributed by atoms with Crippen LogP contribution in [-0.4, -0.2) is 9.97 Å². The quantitative estimate of drug-likeness (QED) is 0.551. The lowest BCUT2D eigenvalue weighted by atomic mass is 10.2. The van der Waals surface area contributed by atoms with Gasteiger partial charge in [0.05, 0.1) is 15.7 Å².